The molecule has 0 aliphatic carbocycles. The summed E-state index contributed by atoms with van der Waals surface area (Å²) >= 11 is 5.82. The average Bonchev–Trinajstić information content (AvgIpc) is 2.63. The van der Waals surface area contributed by atoms with Gasteiger partial charge in [0.25, 0.3) is 0 Å². The molecule has 0 radical (unpaired) electrons. The van der Waals surface area contributed by atoms with E-state index in [1.165, 1.54) is 11.6 Å². The summed E-state index contributed by atoms with van der Waals surface area (Å²) in [5.74, 6) is 0.380. The zero-order valence-corrected chi connectivity index (χ0v) is 15.8. The topological polar surface area (TPSA) is 72.0 Å². The number of hydrogen-bond acceptors (Lipinski definition) is 5. The Bertz CT molecular complexity index is 971. The lowest BCUT2D eigenvalue weighted by Crippen LogP contribution is -2.09. The van der Waals surface area contributed by atoms with E-state index in [0.717, 1.165) is 5.56 Å². The largest absolute Gasteiger partial charge is 0.365 e. The smallest absolute Gasteiger partial charge is 0.201 e. The van der Waals surface area contributed by atoms with Crippen LogP contribution >= 0.6 is 11.6 Å². The van der Waals surface area contributed by atoms with Gasteiger partial charge in [-0.3, -0.25) is 0 Å². The van der Waals surface area contributed by atoms with Crippen LogP contribution in [0.25, 0.3) is 0 Å². The number of hydrogen-bond donors (Lipinski definition) is 1. The lowest BCUT2D eigenvalue weighted by Gasteiger charge is -2.07. The summed E-state index contributed by atoms with van der Waals surface area (Å²) in [6.07, 6.45) is 0. The summed E-state index contributed by atoms with van der Waals surface area (Å²) in [6, 6.07) is 17.9. The van der Waals surface area contributed by atoms with Crippen molar-refractivity contribution < 1.29 is 8.42 Å². The second-order valence-electron chi connectivity index (χ2n) is 5.98. The van der Waals surface area contributed by atoms with E-state index < -0.39 is 9.84 Å². The summed E-state index contributed by atoms with van der Waals surface area (Å²) in [7, 11) is -3.56. The molecule has 0 bridgehead atoms. The number of aromatic nitrogens is 2. The normalized spacial score (nSPS) is 11.3. The maximum Gasteiger partial charge on any atom is 0.201 e. The summed E-state index contributed by atoms with van der Waals surface area (Å²) in [4.78, 5) is 0. The minimum absolute atomic E-state index is 0.0478. The number of nitrogens with zero attached hydrogens (tertiary/aromatic N) is 2. The fourth-order valence-electron chi connectivity index (χ4n) is 2.35. The van der Waals surface area contributed by atoms with Crippen molar-refractivity contribution in [2.45, 2.75) is 24.2 Å². The Balaban J connectivity index is 1.66. The second-order valence-corrected chi connectivity index (χ2v) is 8.35. The molecule has 5 nitrogen and oxygen atoms in total. The summed E-state index contributed by atoms with van der Waals surface area (Å²) in [5, 5.41) is 11.5. The molecule has 0 aliphatic heterocycles. The van der Waals surface area contributed by atoms with Gasteiger partial charge in [0.2, 0.25) is 9.84 Å². The van der Waals surface area contributed by atoms with Gasteiger partial charge in [-0.25, -0.2) is 8.42 Å². The molecule has 3 rings (SSSR count). The van der Waals surface area contributed by atoms with E-state index in [1.54, 1.807) is 30.3 Å². The van der Waals surface area contributed by atoms with Crippen LogP contribution in [0.4, 0.5) is 5.82 Å². The third-order valence-corrected chi connectivity index (χ3v) is 5.64. The van der Waals surface area contributed by atoms with Gasteiger partial charge in [-0.2, -0.15) is 0 Å². The van der Waals surface area contributed by atoms with Gasteiger partial charge in [-0.05, 0) is 42.3 Å². The van der Waals surface area contributed by atoms with Gasteiger partial charge in [-0.1, -0.05) is 53.6 Å². The molecule has 7 heteroatoms. The number of nitrogens with one attached hydrogen (secondary N) is 1. The Morgan fingerprint density at radius 3 is 2.15 bits per heavy atom. The molecule has 26 heavy (non-hydrogen) atoms. The molecule has 0 atom stereocenters. The third kappa shape index (κ3) is 4.80. The quantitative estimate of drug-likeness (QED) is 0.691. The molecule has 0 unspecified atom stereocenters. The first-order chi connectivity index (χ1) is 12.4. The van der Waals surface area contributed by atoms with E-state index in [2.05, 4.69) is 15.5 Å². The summed E-state index contributed by atoms with van der Waals surface area (Å²) in [5.41, 5.74) is 2.96. The van der Waals surface area contributed by atoms with Crippen molar-refractivity contribution in [3.8, 4) is 0 Å². The molecular formula is C19H18ClN3O2S. The maximum absolute atomic E-state index is 12.5. The fraction of sp³-hybridized carbons (Fsp3) is 0.158. The van der Waals surface area contributed by atoms with Crippen LogP contribution in [0.5, 0.6) is 0 Å². The van der Waals surface area contributed by atoms with Crippen LogP contribution < -0.4 is 5.32 Å². The first-order valence-corrected chi connectivity index (χ1v) is 10.1. The van der Waals surface area contributed by atoms with Gasteiger partial charge in [0, 0.05) is 11.6 Å². The van der Waals surface area contributed by atoms with E-state index >= 15 is 0 Å². The van der Waals surface area contributed by atoms with E-state index in [0.29, 0.717) is 22.9 Å². The molecule has 3 aromatic rings. The van der Waals surface area contributed by atoms with Crippen LogP contribution in [0.2, 0.25) is 5.02 Å². The second kappa shape index (κ2) is 7.85. The van der Waals surface area contributed by atoms with Crippen molar-refractivity contribution >= 4 is 27.3 Å². The molecule has 1 heterocycles. The number of halogens is 1. The summed E-state index contributed by atoms with van der Waals surface area (Å²) in [6.45, 7) is 2.62. The van der Waals surface area contributed by atoms with Crippen LogP contribution in [0.15, 0.2) is 65.7 Å². The monoisotopic (exact) mass is 387 g/mol. The van der Waals surface area contributed by atoms with Crippen LogP contribution in [0, 0.1) is 6.92 Å². The predicted molar refractivity (Wildman–Crippen MR) is 103 cm³/mol. The lowest BCUT2D eigenvalue weighted by atomic mass is 10.1. The SMILES string of the molecule is Cc1ccc(CNc2ccc(S(=O)(=O)Cc3ccc(Cl)cc3)nn2)cc1. The van der Waals surface area contributed by atoms with Gasteiger partial charge in [0.15, 0.2) is 5.03 Å². The number of aryl methyl sites for hydroxylation is 1. The predicted octanol–water partition coefficient (Wildman–Crippen LogP) is 4.02. The number of sulfone groups is 1. The third-order valence-electron chi connectivity index (χ3n) is 3.82. The molecule has 0 aliphatic rings. The Hall–Kier alpha value is -2.44. The van der Waals surface area contributed by atoms with E-state index in [9.17, 15) is 8.42 Å². The van der Waals surface area contributed by atoms with Gasteiger partial charge in [-0.15, -0.1) is 10.2 Å². The Kier molecular flexibility index (Phi) is 5.54. The standard InChI is InChI=1S/C19H18ClN3O2S/c1-14-2-4-15(5-3-14)12-21-18-10-11-19(23-22-18)26(24,25)13-16-6-8-17(20)9-7-16/h2-11H,12-13H2,1H3,(H,21,22). The van der Waals surface area contributed by atoms with Crippen molar-refractivity contribution in [3.63, 3.8) is 0 Å². The van der Waals surface area contributed by atoms with Crippen molar-refractivity contribution in [2.75, 3.05) is 5.32 Å². The van der Waals surface area contributed by atoms with E-state index in [-0.39, 0.29) is 10.8 Å². The van der Waals surface area contributed by atoms with Gasteiger partial charge < -0.3 is 5.32 Å². The molecule has 2 aromatic carbocycles. The van der Waals surface area contributed by atoms with Crippen LogP contribution in [0.3, 0.4) is 0 Å². The first-order valence-electron chi connectivity index (χ1n) is 8.03. The van der Waals surface area contributed by atoms with Crippen molar-refractivity contribution in [3.05, 3.63) is 82.4 Å². The molecular weight excluding hydrogens is 370 g/mol. The average molecular weight is 388 g/mol. The molecule has 0 amide bonds. The van der Waals surface area contributed by atoms with Crippen molar-refractivity contribution in [1.29, 1.82) is 0 Å². The van der Waals surface area contributed by atoms with Crippen molar-refractivity contribution in [1.82, 2.24) is 10.2 Å². The van der Waals surface area contributed by atoms with Gasteiger partial charge in [0.1, 0.15) is 5.82 Å². The minimum Gasteiger partial charge on any atom is -0.365 e. The van der Waals surface area contributed by atoms with Crippen LogP contribution in [0.1, 0.15) is 16.7 Å². The molecule has 1 aromatic heterocycles. The number of benzene rings is 2. The first kappa shape index (κ1) is 18.4. The Labute approximate surface area is 158 Å². The number of anilines is 1. The molecule has 0 saturated carbocycles. The molecule has 1 N–H and O–H groups in total. The van der Waals surface area contributed by atoms with Crippen LogP contribution in [-0.4, -0.2) is 18.6 Å². The van der Waals surface area contributed by atoms with Crippen LogP contribution in [-0.2, 0) is 22.1 Å². The highest BCUT2D eigenvalue weighted by Crippen LogP contribution is 2.17. The maximum atomic E-state index is 12.5. The molecule has 0 fully saturated rings. The lowest BCUT2D eigenvalue weighted by molar-refractivity contribution is 0.589. The highest BCUT2D eigenvalue weighted by molar-refractivity contribution is 7.90. The highest BCUT2D eigenvalue weighted by atomic mass is 35.5. The summed E-state index contributed by atoms with van der Waals surface area (Å²) < 4.78 is 24.9. The Morgan fingerprint density at radius 1 is 0.885 bits per heavy atom. The molecule has 0 saturated heterocycles. The van der Waals surface area contributed by atoms with E-state index in [4.69, 9.17) is 11.6 Å². The number of rotatable bonds is 6. The molecule has 0 spiro atoms. The van der Waals surface area contributed by atoms with Gasteiger partial charge in [0.05, 0.1) is 5.75 Å². The van der Waals surface area contributed by atoms with E-state index in [1.807, 2.05) is 31.2 Å². The highest BCUT2D eigenvalue weighted by Gasteiger charge is 2.17. The zero-order valence-electron chi connectivity index (χ0n) is 14.2. The van der Waals surface area contributed by atoms with Crippen molar-refractivity contribution in [2.24, 2.45) is 0 Å². The Morgan fingerprint density at radius 2 is 1.54 bits per heavy atom. The van der Waals surface area contributed by atoms with Gasteiger partial charge >= 0.3 is 0 Å². The fourth-order valence-corrected chi connectivity index (χ4v) is 3.70. The minimum atomic E-state index is -3.56. The molecule has 134 valence electrons. The zero-order chi connectivity index (χ0) is 18.6.